The number of halogens is 3. The Balaban J connectivity index is 2.61. The van der Waals surface area contributed by atoms with Gasteiger partial charge in [-0.3, -0.25) is 4.79 Å². The van der Waals surface area contributed by atoms with Crippen molar-refractivity contribution in [2.24, 2.45) is 0 Å². The summed E-state index contributed by atoms with van der Waals surface area (Å²) in [7, 11) is 0. The van der Waals surface area contributed by atoms with E-state index >= 15 is 0 Å². The van der Waals surface area contributed by atoms with Crippen molar-refractivity contribution in [2.45, 2.75) is 13.2 Å². The molecule has 0 saturated carbocycles. The summed E-state index contributed by atoms with van der Waals surface area (Å²) >= 11 is 0. The number of hydrogen-bond donors (Lipinski definition) is 2. The number of hydrazine groups is 1. The molecule has 0 unspecified atom stereocenters. The summed E-state index contributed by atoms with van der Waals surface area (Å²) in [6.45, 7) is 1.39. The smallest absolute Gasteiger partial charge is 0.314 e. The Kier molecular flexibility index (Phi) is 3.31. The second kappa shape index (κ2) is 4.31. The van der Waals surface area contributed by atoms with E-state index in [1.54, 1.807) is 0 Å². The Morgan fingerprint density at radius 3 is 2.13 bits per heavy atom. The molecule has 82 valence electrons. The van der Waals surface area contributed by atoms with Crippen molar-refractivity contribution in [2.75, 3.05) is 5.43 Å². The lowest BCUT2D eigenvalue weighted by Crippen LogP contribution is -2.36. The quantitative estimate of drug-likeness (QED) is 0.464. The van der Waals surface area contributed by atoms with E-state index in [0.29, 0.717) is 5.56 Å². The molecular weight excluding hydrogens is 209 g/mol. The molecule has 0 bridgehead atoms. The van der Waals surface area contributed by atoms with E-state index in [1.807, 2.05) is 5.43 Å². The average molecular weight is 218 g/mol. The summed E-state index contributed by atoms with van der Waals surface area (Å²) in [4.78, 5) is 10.9. The van der Waals surface area contributed by atoms with Crippen LogP contribution in [0, 0.1) is 0 Å². The number of anilines is 1. The van der Waals surface area contributed by atoms with E-state index in [1.165, 1.54) is 31.2 Å². The van der Waals surface area contributed by atoms with Crippen LogP contribution in [0.4, 0.5) is 18.9 Å². The van der Waals surface area contributed by atoms with Gasteiger partial charge in [-0.1, -0.05) is 0 Å². The highest BCUT2D eigenvalue weighted by Gasteiger charge is 2.26. The summed E-state index contributed by atoms with van der Waals surface area (Å²) in [5.41, 5.74) is 3.80. The van der Waals surface area contributed by atoms with Crippen molar-refractivity contribution >= 4 is 11.5 Å². The Hall–Kier alpha value is -1.56. The fourth-order valence-electron chi connectivity index (χ4n) is 0.931. The molecule has 0 fully saturated rings. The largest absolute Gasteiger partial charge is 0.474 e. The zero-order valence-electron chi connectivity index (χ0n) is 7.85. The highest BCUT2D eigenvalue weighted by Crippen LogP contribution is 2.12. The lowest BCUT2D eigenvalue weighted by atomic mass is 10.1. The molecule has 1 aromatic rings. The van der Waals surface area contributed by atoms with Crippen molar-refractivity contribution in [1.29, 1.82) is 0 Å². The van der Waals surface area contributed by atoms with Gasteiger partial charge in [-0.25, -0.2) is 0 Å². The van der Waals surface area contributed by atoms with Gasteiger partial charge in [0.05, 0.1) is 0 Å². The minimum atomic E-state index is -4.49. The second-order valence-electron chi connectivity index (χ2n) is 2.88. The number of nitrogens with one attached hydrogen (secondary N) is 2. The van der Waals surface area contributed by atoms with Crippen LogP contribution < -0.4 is 10.9 Å². The van der Waals surface area contributed by atoms with Gasteiger partial charge in [0.15, 0.2) is 5.78 Å². The number of benzene rings is 1. The summed E-state index contributed by atoms with van der Waals surface area (Å²) in [5, 5.41) is 0. The molecule has 0 aromatic heterocycles. The van der Waals surface area contributed by atoms with Crippen molar-refractivity contribution in [3.05, 3.63) is 29.8 Å². The minimum Gasteiger partial charge on any atom is -0.314 e. The molecule has 2 N–H and O–H groups in total. The lowest BCUT2D eigenvalue weighted by molar-refractivity contribution is -0.151. The van der Waals surface area contributed by atoms with Crippen LogP contribution in [0.15, 0.2) is 24.3 Å². The number of carbonyl (C=O) groups is 1. The number of rotatable bonds is 3. The molecule has 0 spiro atoms. The maximum Gasteiger partial charge on any atom is 0.474 e. The molecule has 0 atom stereocenters. The summed E-state index contributed by atoms with van der Waals surface area (Å²) in [6.07, 6.45) is -4.49. The van der Waals surface area contributed by atoms with Crippen molar-refractivity contribution in [3.63, 3.8) is 0 Å². The van der Waals surface area contributed by atoms with Crippen LogP contribution in [0.25, 0.3) is 0 Å². The highest BCUT2D eigenvalue weighted by atomic mass is 19.4. The molecule has 0 aliphatic rings. The first-order valence-corrected chi connectivity index (χ1v) is 4.09. The van der Waals surface area contributed by atoms with Gasteiger partial charge in [0.1, 0.15) is 0 Å². The van der Waals surface area contributed by atoms with Crippen molar-refractivity contribution < 1.29 is 18.0 Å². The van der Waals surface area contributed by atoms with E-state index in [4.69, 9.17) is 0 Å². The summed E-state index contributed by atoms with van der Waals surface area (Å²) < 4.78 is 35.2. The summed E-state index contributed by atoms with van der Waals surface area (Å²) in [5.74, 6) is -0.134. The molecule has 0 amide bonds. The fraction of sp³-hybridized carbons (Fsp3) is 0.222. The van der Waals surface area contributed by atoms with Gasteiger partial charge in [-0.15, -0.1) is 5.43 Å². The second-order valence-corrected chi connectivity index (χ2v) is 2.88. The van der Waals surface area contributed by atoms with Crippen LogP contribution in [-0.2, 0) is 0 Å². The third-order valence-electron chi connectivity index (χ3n) is 1.64. The molecular formula is C9H9F3N2O. The third kappa shape index (κ3) is 3.99. The zero-order valence-corrected chi connectivity index (χ0v) is 7.85. The maximum atomic E-state index is 11.7. The van der Waals surface area contributed by atoms with E-state index < -0.39 is 6.30 Å². The molecule has 0 aliphatic heterocycles. The van der Waals surface area contributed by atoms with Crippen LogP contribution >= 0.6 is 0 Å². The fourth-order valence-corrected chi connectivity index (χ4v) is 0.931. The Labute approximate surface area is 84.3 Å². The predicted molar refractivity (Wildman–Crippen MR) is 49.3 cm³/mol. The van der Waals surface area contributed by atoms with Gasteiger partial charge in [0.25, 0.3) is 0 Å². The minimum absolute atomic E-state index is 0.134. The van der Waals surface area contributed by atoms with Crippen LogP contribution in [0.5, 0.6) is 0 Å². The van der Waals surface area contributed by atoms with Gasteiger partial charge < -0.3 is 5.43 Å². The first-order chi connectivity index (χ1) is 6.88. The molecule has 1 aromatic carbocycles. The Morgan fingerprint density at radius 1 is 1.20 bits per heavy atom. The number of carbonyl (C=O) groups excluding carboxylic acids is 1. The van der Waals surface area contributed by atoms with Crippen LogP contribution in [0.3, 0.4) is 0 Å². The number of alkyl halides is 3. The van der Waals surface area contributed by atoms with Crippen molar-refractivity contribution in [3.8, 4) is 0 Å². The molecule has 0 heterocycles. The van der Waals surface area contributed by atoms with E-state index in [-0.39, 0.29) is 11.5 Å². The molecule has 0 saturated heterocycles. The standard InChI is InChI=1S/C9H9F3N2O/c1-6(15)7-2-4-8(5-3-7)13-14-9(10,11)12/h2-5,13-14H,1H3. The van der Waals surface area contributed by atoms with E-state index in [2.05, 4.69) is 0 Å². The third-order valence-corrected chi connectivity index (χ3v) is 1.64. The van der Waals surface area contributed by atoms with Crippen LogP contribution in [-0.4, -0.2) is 12.1 Å². The van der Waals surface area contributed by atoms with Crippen molar-refractivity contribution in [1.82, 2.24) is 5.43 Å². The van der Waals surface area contributed by atoms with Crippen LogP contribution in [0.2, 0.25) is 0 Å². The molecule has 0 radical (unpaired) electrons. The number of Topliss-reactive ketones (excluding diaryl/α,β-unsaturated/α-hetero) is 1. The monoisotopic (exact) mass is 218 g/mol. The molecule has 15 heavy (non-hydrogen) atoms. The Bertz CT molecular complexity index is 345. The average Bonchev–Trinajstić information content (AvgIpc) is 2.14. The van der Waals surface area contributed by atoms with E-state index in [9.17, 15) is 18.0 Å². The van der Waals surface area contributed by atoms with Gasteiger partial charge in [0.2, 0.25) is 0 Å². The lowest BCUT2D eigenvalue weighted by Gasteiger charge is -2.10. The highest BCUT2D eigenvalue weighted by molar-refractivity contribution is 5.94. The van der Waals surface area contributed by atoms with Crippen LogP contribution in [0.1, 0.15) is 17.3 Å². The van der Waals surface area contributed by atoms with Gasteiger partial charge >= 0.3 is 6.30 Å². The molecule has 0 aliphatic carbocycles. The molecule has 3 nitrogen and oxygen atoms in total. The predicted octanol–water partition coefficient (Wildman–Crippen LogP) is 2.33. The molecule has 6 heteroatoms. The first kappa shape index (κ1) is 11.5. The van der Waals surface area contributed by atoms with Gasteiger partial charge in [-0.05, 0) is 31.2 Å². The Morgan fingerprint density at radius 2 is 1.73 bits per heavy atom. The SMILES string of the molecule is CC(=O)c1ccc(NNC(F)(F)F)cc1. The number of hydrogen-bond acceptors (Lipinski definition) is 3. The first-order valence-electron chi connectivity index (χ1n) is 4.09. The normalized spacial score (nSPS) is 11.2. The van der Waals surface area contributed by atoms with Gasteiger partial charge in [-0.2, -0.15) is 13.2 Å². The van der Waals surface area contributed by atoms with E-state index in [0.717, 1.165) is 5.43 Å². The van der Waals surface area contributed by atoms with Gasteiger partial charge in [0, 0.05) is 11.3 Å². The summed E-state index contributed by atoms with van der Waals surface area (Å²) in [6, 6.07) is 5.66. The maximum absolute atomic E-state index is 11.7. The number of ketones is 1. The topological polar surface area (TPSA) is 41.1 Å². The molecule has 1 rings (SSSR count). The zero-order chi connectivity index (χ0) is 11.5.